The highest BCUT2D eigenvalue weighted by molar-refractivity contribution is 7.88. The number of nitrogens with two attached hydrogens (primary N) is 1. The molecular weight excluding hydrogens is 280 g/mol. The average molecular weight is 304 g/mol. The molecule has 2 heterocycles. The van der Waals surface area contributed by atoms with E-state index in [1.807, 2.05) is 0 Å². The van der Waals surface area contributed by atoms with Gasteiger partial charge in [0.2, 0.25) is 15.9 Å². The van der Waals surface area contributed by atoms with Crippen molar-refractivity contribution in [3.63, 3.8) is 0 Å². The van der Waals surface area contributed by atoms with Crippen LogP contribution in [0, 0.1) is 5.92 Å². The minimum atomic E-state index is -3.12. The van der Waals surface area contributed by atoms with E-state index in [-0.39, 0.29) is 17.9 Å². The standard InChI is InChI=1S/C12H24N4O3S/c1-20(18,19)16-5-2-3-10(9-16)8-15-6-4-14-7-11(15)12(13)17/h10-11,14H,2-9H2,1H3,(H2,13,17). The lowest BCUT2D eigenvalue weighted by atomic mass is 9.97. The molecule has 0 aromatic rings. The SMILES string of the molecule is CS(=O)(=O)N1CCCC(CN2CCNCC2C(N)=O)C1. The molecule has 1 amide bonds. The number of carbonyl (C=O) groups is 1. The molecule has 0 aliphatic carbocycles. The van der Waals surface area contributed by atoms with Gasteiger partial charge in [0, 0.05) is 39.3 Å². The van der Waals surface area contributed by atoms with Crippen molar-refractivity contribution in [1.29, 1.82) is 0 Å². The molecule has 20 heavy (non-hydrogen) atoms. The molecule has 0 spiro atoms. The van der Waals surface area contributed by atoms with Gasteiger partial charge in [-0.3, -0.25) is 9.69 Å². The second-order valence-corrected chi connectivity index (χ2v) is 7.73. The second kappa shape index (κ2) is 6.38. The molecule has 0 aromatic carbocycles. The van der Waals surface area contributed by atoms with Gasteiger partial charge in [0.25, 0.3) is 0 Å². The maximum atomic E-state index is 11.6. The number of piperidine rings is 1. The van der Waals surface area contributed by atoms with Crippen molar-refractivity contribution < 1.29 is 13.2 Å². The third-order valence-corrected chi connectivity index (χ3v) is 5.40. The summed E-state index contributed by atoms with van der Waals surface area (Å²) in [7, 11) is -3.12. The Bertz CT molecular complexity index is 454. The predicted octanol–water partition coefficient (Wildman–Crippen LogP) is -1.58. The van der Waals surface area contributed by atoms with E-state index in [1.165, 1.54) is 6.26 Å². The van der Waals surface area contributed by atoms with Gasteiger partial charge in [0.1, 0.15) is 6.04 Å². The molecule has 2 atom stereocenters. The summed E-state index contributed by atoms with van der Waals surface area (Å²) in [5.41, 5.74) is 5.43. The van der Waals surface area contributed by atoms with Gasteiger partial charge >= 0.3 is 0 Å². The smallest absolute Gasteiger partial charge is 0.236 e. The van der Waals surface area contributed by atoms with Crippen LogP contribution in [0.25, 0.3) is 0 Å². The molecule has 7 nitrogen and oxygen atoms in total. The summed E-state index contributed by atoms with van der Waals surface area (Å²) in [4.78, 5) is 13.6. The third kappa shape index (κ3) is 3.91. The van der Waals surface area contributed by atoms with E-state index in [2.05, 4.69) is 10.2 Å². The van der Waals surface area contributed by atoms with E-state index in [0.29, 0.717) is 19.6 Å². The molecule has 2 rings (SSSR count). The lowest BCUT2D eigenvalue weighted by molar-refractivity contribution is -0.124. The zero-order valence-electron chi connectivity index (χ0n) is 11.9. The summed E-state index contributed by atoms with van der Waals surface area (Å²) in [5.74, 6) is -0.0357. The van der Waals surface area contributed by atoms with Gasteiger partial charge in [-0.2, -0.15) is 0 Å². The number of hydrogen-bond acceptors (Lipinski definition) is 5. The Kier molecular flexibility index (Phi) is 5.00. The van der Waals surface area contributed by atoms with Gasteiger partial charge < -0.3 is 11.1 Å². The minimum absolute atomic E-state index is 0.276. The predicted molar refractivity (Wildman–Crippen MR) is 76.6 cm³/mol. The Labute approximate surface area is 120 Å². The number of amides is 1. The largest absolute Gasteiger partial charge is 0.368 e. The van der Waals surface area contributed by atoms with E-state index < -0.39 is 10.0 Å². The Morgan fingerprint density at radius 1 is 1.40 bits per heavy atom. The zero-order valence-corrected chi connectivity index (χ0v) is 12.7. The molecule has 0 radical (unpaired) electrons. The summed E-state index contributed by atoms with van der Waals surface area (Å²) in [5, 5.41) is 3.17. The normalized spacial score (nSPS) is 30.2. The molecule has 2 fully saturated rings. The Hall–Kier alpha value is -0.700. The van der Waals surface area contributed by atoms with Crippen molar-refractivity contribution >= 4 is 15.9 Å². The van der Waals surface area contributed by atoms with Gasteiger partial charge in [-0.15, -0.1) is 0 Å². The monoisotopic (exact) mass is 304 g/mol. The van der Waals surface area contributed by atoms with Crippen LogP contribution < -0.4 is 11.1 Å². The quantitative estimate of drug-likeness (QED) is 0.653. The number of piperazine rings is 1. The highest BCUT2D eigenvalue weighted by Gasteiger charge is 2.32. The van der Waals surface area contributed by atoms with Crippen LogP contribution in [0.3, 0.4) is 0 Å². The Balaban J connectivity index is 1.96. The van der Waals surface area contributed by atoms with Gasteiger partial charge in [0.05, 0.1) is 6.26 Å². The molecular formula is C12H24N4O3S. The van der Waals surface area contributed by atoms with Crippen LogP contribution >= 0.6 is 0 Å². The van der Waals surface area contributed by atoms with Crippen LogP contribution in [0.1, 0.15) is 12.8 Å². The molecule has 2 aliphatic heterocycles. The van der Waals surface area contributed by atoms with E-state index in [0.717, 1.165) is 32.5 Å². The van der Waals surface area contributed by atoms with Crippen LogP contribution in [-0.2, 0) is 14.8 Å². The van der Waals surface area contributed by atoms with Crippen molar-refractivity contribution in [2.75, 3.05) is 45.5 Å². The maximum absolute atomic E-state index is 11.6. The fourth-order valence-corrected chi connectivity index (χ4v) is 4.00. The van der Waals surface area contributed by atoms with Crippen LogP contribution in [0.15, 0.2) is 0 Å². The lowest BCUT2D eigenvalue weighted by Crippen LogP contribution is -2.58. The van der Waals surface area contributed by atoms with E-state index in [4.69, 9.17) is 5.73 Å². The van der Waals surface area contributed by atoms with Gasteiger partial charge in [-0.1, -0.05) is 0 Å². The van der Waals surface area contributed by atoms with Crippen LogP contribution in [0.4, 0.5) is 0 Å². The summed E-state index contributed by atoms with van der Waals surface area (Å²) in [6, 6.07) is -0.280. The summed E-state index contributed by atoms with van der Waals surface area (Å²) < 4.78 is 24.8. The third-order valence-electron chi connectivity index (χ3n) is 4.13. The molecule has 2 unspecified atom stereocenters. The molecule has 2 aliphatic rings. The van der Waals surface area contributed by atoms with Gasteiger partial charge in [0.15, 0.2) is 0 Å². The van der Waals surface area contributed by atoms with Gasteiger partial charge in [-0.25, -0.2) is 12.7 Å². The summed E-state index contributed by atoms with van der Waals surface area (Å²) in [6.45, 7) is 4.10. The summed E-state index contributed by atoms with van der Waals surface area (Å²) >= 11 is 0. The average Bonchev–Trinajstić information content (AvgIpc) is 2.38. The van der Waals surface area contributed by atoms with Crippen LogP contribution in [0.2, 0.25) is 0 Å². The van der Waals surface area contributed by atoms with Crippen LogP contribution in [0.5, 0.6) is 0 Å². The van der Waals surface area contributed by atoms with Crippen molar-refractivity contribution in [3.8, 4) is 0 Å². The molecule has 0 bridgehead atoms. The number of nitrogens with zero attached hydrogens (tertiary/aromatic N) is 2. The first-order valence-electron chi connectivity index (χ1n) is 7.07. The van der Waals surface area contributed by atoms with E-state index in [1.54, 1.807) is 4.31 Å². The topological polar surface area (TPSA) is 95.7 Å². The molecule has 0 saturated carbocycles. The van der Waals surface area contributed by atoms with E-state index >= 15 is 0 Å². The lowest BCUT2D eigenvalue weighted by Gasteiger charge is -2.39. The maximum Gasteiger partial charge on any atom is 0.236 e. The fourth-order valence-electron chi connectivity index (χ4n) is 3.05. The van der Waals surface area contributed by atoms with E-state index in [9.17, 15) is 13.2 Å². The highest BCUT2D eigenvalue weighted by atomic mass is 32.2. The number of carbonyl (C=O) groups excluding carboxylic acids is 1. The molecule has 0 aromatic heterocycles. The van der Waals surface area contributed by atoms with Crippen LogP contribution in [-0.4, -0.2) is 75.1 Å². The number of sulfonamides is 1. The Morgan fingerprint density at radius 2 is 2.15 bits per heavy atom. The highest BCUT2D eigenvalue weighted by Crippen LogP contribution is 2.20. The minimum Gasteiger partial charge on any atom is -0.368 e. The van der Waals surface area contributed by atoms with Crippen molar-refractivity contribution in [1.82, 2.24) is 14.5 Å². The van der Waals surface area contributed by atoms with Crippen molar-refractivity contribution in [2.24, 2.45) is 11.7 Å². The first kappa shape index (κ1) is 15.7. The summed E-state index contributed by atoms with van der Waals surface area (Å²) in [6.07, 6.45) is 3.14. The molecule has 3 N–H and O–H groups in total. The second-order valence-electron chi connectivity index (χ2n) is 5.75. The number of hydrogen-bond donors (Lipinski definition) is 2. The molecule has 2 saturated heterocycles. The van der Waals surface area contributed by atoms with Crippen molar-refractivity contribution in [3.05, 3.63) is 0 Å². The number of rotatable bonds is 4. The Morgan fingerprint density at radius 3 is 2.80 bits per heavy atom. The first-order chi connectivity index (χ1) is 9.38. The van der Waals surface area contributed by atoms with Gasteiger partial charge in [-0.05, 0) is 18.8 Å². The molecule has 8 heteroatoms. The first-order valence-corrected chi connectivity index (χ1v) is 8.92. The van der Waals surface area contributed by atoms with Crippen molar-refractivity contribution in [2.45, 2.75) is 18.9 Å². The molecule has 116 valence electrons. The number of nitrogens with one attached hydrogen (secondary N) is 1. The fraction of sp³-hybridized carbons (Fsp3) is 0.917. The zero-order chi connectivity index (χ0) is 14.8. The number of primary amides is 1.